The Morgan fingerprint density at radius 3 is 2.50 bits per heavy atom. The van der Waals surface area contributed by atoms with Crippen LogP contribution in [0.4, 0.5) is 8.78 Å². The second-order valence-electron chi connectivity index (χ2n) is 4.51. The Labute approximate surface area is 129 Å². The van der Waals surface area contributed by atoms with Crippen molar-refractivity contribution in [2.45, 2.75) is 18.9 Å². The van der Waals surface area contributed by atoms with E-state index in [4.69, 9.17) is 11.6 Å². The van der Waals surface area contributed by atoms with E-state index in [1.54, 1.807) is 18.2 Å². The van der Waals surface area contributed by atoms with Gasteiger partial charge in [0.25, 0.3) is 0 Å². The number of benzene rings is 2. The Bertz CT molecular complexity index is 619. The van der Waals surface area contributed by atoms with E-state index in [0.717, 1.165) is 0 Å². The van der Waals surface area contributed by atoms with E-state index in [2.05, 4.69) is 15.9 Å². The molecule has 0 aliphatic rings. The molecule has 0 spiro atoms. The zero-order chi connectivity index (χ0) is 14.7. The lowest BCUT2D eigenvalue weighted by atomic mass is 10.0. The summed E-state index contributed by atoms with van der Waals surface area (Å²) in [5.74, 6) is -0.782. The summed E-state index contributed by atoms with van der Waals surface area (Å²) < 4.78 is 26.7. The van der Waals surface area contributed by atoms with E-state index >= 15 is 0 Å². The molecule has 2 rings (SSSR count). The molecule has 2 aromatic carbocycles. The maximum atomic E-state index is 13.4. The van der Waals surface area contributed by atoms with Crippen molar-refractivity contribution in [2.75, 3.05) is 0 Å². The highest BCUT2D eigenvalue weighted by atomic mass is 79.9. The average molecular weight is 362 g/mol. The molecule has 0 saturated carbocycles. The second kappa shape index (κ2) is 6.66. The van der Waals surface area contributed by atoms with Crippen LogP contribution in [-0.2, 0) is 12.8 Å². The summed E-state index contributed by atoms with van der Waals surface area (Å²) in [4.78, 5) is 0. The van der Waals surface area contributed by atoms with Gasteiger partial charge in [-0.3, -0.25) is 0 Å². The molecule has 1 unspecified atom stereocenters. The second-order valence-corrected chi connectivity index (χ2v) is 5.71. The molecule has 5 heteroatoms. The van der Waals surface area contributed by atoms with Gasteiger partial charge in [0.15, 0.2) is 0 Å². The van der Waals surface area contributed by atoms with E-state index in [1.165, 1.54) is 18.2 Å². The van der Waals surface area contributed by atoms with Gasteiger partial charge in [-0.1, -0.05) is 29.8 Å². The molecule has 0 saturated heterocycles. The fourth-order valence-electron chi connectivity index (χ4n) is 1.97. The van der Waals surface area contributed by atoms with Gasteiger partial charge < -0.3 is 5.11 Å². The van der Waals surface area contributed by atoms with Crippen LogP contribution in [0, 0.1) is 11.6 Å². The lowest BCUT2D eigenvalue weighted by Crippen LogP contribution is -2.14. The number of rotatable bonds is 4. The maximum Gasteiger partial charge on any atom is 0.137 e. The lowest BCUT2D eigenvalue weighted by molar-refractivity contribution is 0.175. The highest BCUT2D eigenvalue weighted by Gasteiger charge is 2.13. The first kappa shape index (κ1) is 15.4. The van der Waals surface area contributed by atoms with E-state index in [-0.39, 0.29) is 23.7 Å². The summed E-state index contributed by atoms with van der Waals surface area (Å²) >= 11 is 9.07. The number of hydrogen-bond acceptors (Lipinski definition) is 1. The van der Waals surface area contributed by atoms with Crippen LogP contribution in [-0.4, -0.2) is 11.2 Å². The highest BCUT2D eigenvalue weighted by Crippen LogP contribution is 2.24. The molecule has 1 nitrogen and oxygen atoms in total. The van der Waals surface area contributed by atoms with Gasteiger partial charge in [0.2, 0.25) is 0 Å². The molecule has 20 heavy (non-hydrogen) atoms. The van der Waals surface area contributed by atoms with Gasteiger partial charge in [-0.05, 0) is 51.7 Å². The summed E-state index contributed by atoms with van der Waals surface area (Å²) in [7, 11) is 0. The zero-order valence-electron chi connectivity index (χ0n) is 10.4. The fraction of sp³-hybridized carbons (Fsp3) is 0.200. The van der Waals surface area contributed by atoms with Gasteiger partial charge in [-0.25, -0.2) is 8.78 Å². The van der Waals surface area contributed by atoms with Crippen LogP contribution in [0.25, 0.3) is 0 Å². The van der Waals surface area contributed by atoms with Crippen molar-refractivity contribution in [3.05, 3.63) is 68.7 Å². The van der Waals surface area contributed by atoms with Crippen LogP contribution in [0.2, 0.25) is 5.02 Å². The first-order chi connectivity index (χ1) is 9.47. The first-order valence-electron chi connectivity index (χ1n) is 6.02. The van der Waals surface area contributed by atoms with Crippen LogP contribution >= 0.6 is 27.5 Å². The molecule has 1 N–H and O–H groups in total. The first-order valence-corrected chi connectivity index (χ1v) is 7.19. The van der Waals surface area contributed by atoms with Crippen LogP contribution in [0.1, 0.15) is 11.1 Å². The van der Waals surface area contributed by atoms with Crippen LogP contribution in [0.15, 0.2) is 40.9 Å². The Hall–Kier alpha value is -0.970. The molecule has 0 bridgehead atoms. The topological polar surface area (TPSA) is 20.2 Å². The quantitative estimate of drug-likeness (QED) is 0.848. The van der Waals surface area contributed by atoms with Gasteiger partial charge in [-0.2, -0.15) is 0 Å². The van der Waals surface area contributed by atoms with E-state index in [1.807, 2.05) is 0 Å². The number of aliphatic hydroxyl groups excluding tert-OH is 1. The molecule has 0 heterocycles. The van der Waals surface area contributed by atoms with Crippen molar-refractivity contribution in [3.8, 4) is 0 Å². The average Bonchev–Trinajstić information content (AvgIpc) is 2.38. The predicted molar refractivity (Wildman–Crippen MR) is 78.9 cm³/mol. The van der Waals surface area contributed by atoms with Crippen molar-refractivity contribution < 1.29 is 13.9 Å². The molecule has 0 aliphatic heterocycles. The smallest absolute Gasteiger partial charge is 0.137 e. The largest absolute Gasteiger partial charge is 0.392 e. The van der Waals surface area contributed by atoms with Crippen molar-refractivity contribution in [1.29, 1.82) is 0 Å². The van der Waals surface area contributed by atoms with Crippen molar-refractivity contribution in [2.24, 2.45) is 0 Å². The summed E-state index contributed by atoms with van der Waals surface area (Å²) in [6.07, 6.45) is -0.162. The normalized spacial score (nSPS) is 12.4. The minimum atomic E-state index is -0.726. The Morgan fingerprint density at radius 1 is 1.10 bits per heavy atom. The van der Waals surface area contributed by atoms with E-state index in [0.29, 0.717) is 15.6 Å². The zero-order valence-corrected chi connectivity index (χ0v) is 12.8. The monoisotopic (exact) mass is 360 g/mol. The summed E-state index contributed by atoms with van der Waals surface area (Å²) in [5.41, 5.74) is 1.34. The molecule has 0 fully saturated rings. The van der Waals surface area contributed by atoms with E-state index in [9.17, 15) is 13.9 Å². The molecular formula is C15H12BrClF2O. The standard InChI is InChI=1S/C15H12BrClF2O/c16-15-10(2-1-3-14(15)19)7-12(20)6-9-4-5-11(18)8-13(9)17/h1-5,8,12,20H,6-7H2. The van der Waals surface area contributed by atoms with Crippen LogP contribution < -0.4 is 0 Å². The third-order valence-electron chi connectivity index (χ3n) is 2.96. The van der Waals surface area contributed by atoms with Crippen molar-refractivity contribution in [3.63, 3.8) is 0 Å². The Balaban J connectivity index is 2.09. The molecule has 0 radical (unpaired) electrons. The van der Waals surface area contributed by atoms with Crippen molar-refractivity contribution >= 4 is 27.5 Å². The van der Waals surface area contributed by atoms with E-state index < -0.39 is 11.9 Å². The molecule has 2 aromatic rings. The van der Waals surface area contributed by atoms with Gasteiger partial charge >= 0.3 is 0 Å². The number of hydrogen-bond donors (Lipinski definition) is 1. The minimum Gasteiger partial charge on any atom is -0.392 e. The predicted octanol–water partition coefficient (Wildman–Crippen LogP) is 4.53. The van der Waals surface area contributed by atoms with Gasteiger partial charge in [0, 0.05) is 11.4 Å². The Kier molecular flexibility index (Phi) is 5.13. The summed E-state index contributed by atoms with van der Waals surface area (Å²) in [6, 6.07) is 8.72. The molecular weight excluding hydrogens is 350 g/mol. The summed E-state index contributed by atoms with van der Waals surface area (Å²) in [6.45, 7) is 0. The SMILES string of the molecule is OC(Cc1ccc(F)cc1Cl)Cc1cccc(F)c1Br. The molecule has 1 atom stereocenters. The minimum absolute atomic E-state index is 0.280. The molecule has 0 aliphatic carbocycles. The number of aliphatic hydroxyl groups is 1. The third kappa shape index (κ3) is 3.78. The maximum absolute atomic E-state index is 13.4. The van der Waals surface area contributed by atoms with Crippen molar-refractivity contribution in [1.82, 2.24) is 0 Å². The number of halogens is 4. The highest BCUT2D eigenvalue weighted by molar-refractivity contribution is 9.10. The molecule has 106 valence electrons. The van der Waals surface area contributed by atoms with Crippen LogP contribution in [0.3, 0.4) is 0 Å². The van der Waals surface area contributed by atoms with Gasteiger partial charge in [-0.15, -0.1) is 0 Å². The summed E-state index contributed by atoms with van der Waals surface area (Å²) in [5, 5.41) is 10.3. The van der Waals surface area contributed by atoms with Gasteiger partial charge in [0.05, 0.1) is 10.6 Å². The molecule has 0 amide bonds. The molecule has 0 aromatic heterocycles. The van der Waals surface area contributed by atoms with Gasteiger partial charge in [0.1, 0.15) is 11.6 Å². The van der Waals surface area contributed by atoms with Crippen LogP contribution in [0.5, 0.6) is 0 Å². The lowest BCUT2D eigenvalue weighted by Gasteiger charge is -2.13. The third-order valence-corrected chi connectivity index (χ3v) is 4.20. The fourth-order valence-corrected chi connectivity index (χ4v) is 2.64. The Morgan fingerprint density at radius 2 is 1.80 bits per heavy atom.